The smallest absolute Gasteiger partial charge is 0.203 e. The summed E-state index contributed by atoms with van der Waals surface area (Å²) < 4.78 is 108. The van der Waals surface area contributed by atoms with Crippen molar-refractivity contribution in [2.75, 3.05) is 198 Å². The largest absolute Gasteiger partial charge is 0.487 e. The fraction of sp³-hybridized carbons (Fsp3) is 0.558. The zero-order valence-corrected chi connectivity index (χ0v) is 63.9. The Morgan fingerprint density at radius 3 is 0.490 bits per heavy atom. The number of hydrogen-bond donors (Lipinski definition) is 0. The van der Waals surface area contributed by atoms with Gasteiger partial charge in [-0.1, -0.05) is 201 Å². The van der Waals surface area contributed by atoms with Gasteiger partial charge in [0.15, 0.2) is 23.0 Å². The van der Waals surface area contributed by atoms with Crippen molar-refractivity contribution in [1.29, 1.82) is 0 Å². The van der Waals surface area contributed by atoms with E-state index >= 15 is 0 Å². The average Bonchev–Trinajstić information content (AvgIpc) is 0.830. The zero-order valence-electron chi connectivity index (χ0n) is 63.9. The lowest BCUT2D eigenvalue weighted by molar-refractivity contribution is 0.0303. The highest BCUT2D eigenvalue weighted by Crippen LogP contribution is 2.41. The van der Waals surface area contributed by atoms with Gasteiger partial charge >= 0.3 is 0 Å². The first-order chi connectivity index (χ1) is 51.5. The molecule has 0 aromatic heterocycles. The Morgan fingerprint density at radius 2 is 0.317 bits per heavy atom. The molecule has 0 saturated heterocycles. The topological polar surface area (TPSA) is 166 Å². The van der Waals surface area contributed by atoms with Crippen LogP contribution in [0.5, 0.6) is 34.5 Å². The molecule has 578 valence electrons. The van der Waals surface area contributed by atoms with Gasteiger partial charge in [-0.15, -0.1) is 0 Å². The van der Waals surface area contributed by atoms with Crippen LogP contribution in [0.2, 0.25) is 0 Å². The lowest BCUT2D eigenvalue weighted by Crippen LogP contribution is -2.15. The minimum absolute atomic E-state index is 0.291. The Bertz CT molecular complexity index is 2700. The summed E-state index contributed by atoms with van der Waals surface area (Å²) in [5.74, 6) is 3.15. The molecular weight excluding hydrogens is 1320 g/mol. The molecule has 0 aliphatic carbocycles. The second kappa shape index (κ2) is 61.5. The van der Waals surface area contributed by atoms with Gasteiger partial charge < -0.3 is 85.3 Å². The van der Waals surface area contributed by atoms with Gasteiger partial charge in [0.25, 0.3) is 0 Å². The van der Waals surface area contributed by atoms with Crippen LogP contribution in [-0.4, -0.2) is 198 Å². The van der Waals surface area contributed by atoms with E-state index in [2.05, 4.69) is 163 Å². The van der Waals surface area contributed by atoms with Crippen molar-refractivity contribution in [2.24, 2.45) is 0 Å². The van der Waals surface area contributed by atoms with Gasteiger partial charge in [-0.25, -0.2) is 0 Å². The van der Waals surface area contributed by atoms with Crippen molar-refractivity contribution in [1.82, 2.24) is 0 Å². The SMILES string of the molecule is CCCCOCCOCCOc1cc(/C=C/c2ccc(/C=C/c3ccc(/C=C/c4ccc(/C=C/c5cc(OCCOCCOCCCC)c(OCCOCCOCCCC)c(OCCOCCOCCCC)c5)cc4)cc3)cc2)cc(OCCOCCOCCCC)c1OCCOCCOCCCC. The molecule has 0 radical (unpaired) electrons. The number of ether oxygens (including phenoxy) is 18. The van der Waals surface area contributed by atoms with Crippen molar-refractivity contribution in [2.45, 2.75) is 119 Å². The third-order valence-corrected chi connectivity index (χ3v) is 15.7. The van der Waals surface area contributed by atoms with Crippen LogP contribution in [0.1, 0.15) is 163 Å². The van der Waals surface area contributed by atoms with Crippen LogP contribution in [0.3, 0.4) is 0 Å². The van der Waals surface area contributed by atoms with E-state index in [1.807, 2.05) is 24.3 Å². The van der Waals surface area contributed by atoms with Crippen LogP contribution in [0.25, 0.3) is 48.6 Å². The highest BCUT2D eigenvalue weighted by Gasteiger charge is 2.18. The highest BCUT2D eigenvalue weighted by molar-refractivity contribution is 5.77. The van der Waals surface area contributed by atoms with E-state index in [4.69, 9.17) is 85.3 Å². The Balaban J connectivity index is 1.22. The summed E-state index contributed by atoms with van der Waals surface area (Å²) in [6.07, 6.45) is 29.5. The van der Waals surface area contributed by atoms with Gasteiger partial charge in [-0.05, 0) is 107 Å². The summed E-state index contributed by atoms with van der Waals surface area (Å²) in [5, 5.41) is 0. The minimum Gasteiger partial charge on any atom is -0.487 e. The quantitative estimate of drug-likeness (QED) is 0.0266. The first-order valence-corrected chi connectivity index (χ1v) is 38.5. The third kappa shape index (κ3) is 42.5. The summed E-state index contributed by atoms with van der Waals surface area (Å²) in [6, 6.07) is 33.3. The standard InChI is InChI=1S/C86H126O18/c1-7-13-39-87-45-51-93-57-63-99-81-69-79(70-82(100-64-58-94-52-46-88-40-14-8-2)85(81)103-67-61-97-55-49-91-43-17-11-5)37-35-77-31-27-75(28-32-77)25-23-73-19-21-74(22-20-73)24-26-76-29-33-78(34-30-76)36-38-80-71-83(101-65-59-95-53-47-89-41-15-9-3)86(104-68-62-98-56-50-92-44-18-12-6)84(72-80)102-66-60-96-54-48-90-42-16-10-4/h19-38,69-72H,7-18,39-68H2,1-6H3/b25-23+,26-24+,37-35+,38-36+. The molecule has 0 unspecified atom stereocenters. The maximum absolute atomic E-state index is 6.39. The predicted octanol–water partition coefficient (Wildman–Crippen LogP) is 17.6. The fourth-order valence-electron chi connectivity index (χ4n) is 9.68. The molecule has 0 fully saturated rings. The molecule has 0 N–H and O–H groups in total. The van der Waals surface area contributed by atoms with Crippen LogP contribution < -0.4 is 28.4 Å². The Kier molecular flexibility index (Phi) is 52.1. The van der Waals surface area contributed by atoms with Crippen molar-refractivity contribution in [3.05, 3.63) is 142 Å². The van der Waals surface area contributed by atoms with Gasteiger partial charge in [-0.2, -0.15) is 0 Å². The second-order valence-corrected chi connectivity index (χ2v) is 24.6. The number of unbranched alkanes of at least 4 members (excludes halogenated alkanes) is 6. The van der Waals surface area contributed by atoms with Gasteiger partial charge in [0, 0.05) is 39.6 Å². The molecule has 5 aromatic carbocycles. The van der Waals surface area contributed by atoms with E-state index in [0.717, 1.165) is 161 Å². The van der Waals surface area contributed by atoms with Crippen molar-refractivity contribution >= 4 is 48.6 Å². The lowest BCUT2D eigenvalue weighted by atomic mass is 10.1. The van der Waals surface area contributed by atoms with Crippen LogP contribution in [-0.2, 0) is 56.8 Å². The maximum atomic E-state index is 6.39. The van der Waals surface area contributed by atoms with Gasteiger partial charge in [0.2, 0.25) is 11.5 Å². The lowest BCUT2D eigenvalue weighted by Gasteiger charge is -2.18. The minimum atomic E-state index is 0.291. The van der Waals surface area contributed by atoms with E-state index in [-0.39, 0.29) is 0 Å². The molecule has 5 aromatic rings. The molecule has 0 atom stereocenters. The van der Waals surface area contributed by atoms with E-state index < -0.39 is 0 Å². The van der Waals surface area contributed by atoms with E-state index in [1.165, 1.54) is 0 Å². The summed E-state index contributed by atoms with van der Waals surface area (Å²) >= 11 is 0. The molecular formula is C86H126O18. The first kappa shape index (κ1) is 88.0. The Morgan fingerprint density at radius 1 is 0.173 bits per heavy atom. The van der Waals surface area contributed by atoms with Gasteiger partial charge in [0.1, 0.15) is 39.6 Å². The van der Waals surface area contributed by atoms with Gasteiger partial charge in [-0.3, -0.25) is 0 Å². The Hall–Kier alpha value is -6.62. The van der Waals surface area contributed by atoms with Crippen molar-refractivity contribution in [3.63, 3.8) is 0 Å². The molecule has 18 heteroatoms. The molecule has 5 rings (SSSR count). The Labute approximate surface area is 623 Å². The van der Waals surface area contributed by atoms with Crippen LogP contribution >= 0.6 is 0 Å². The molecule has 0 aliphatic rings. The number of rotatable bonds is 68. The number of benzene rings is 5. The molecule has 0 heterocycles. The van der Waals surface area contributed by atoms with Crippen molar-refractivity contribution in [3.8, 4) is 34.5 Å². The second-order valence-electron chi connectivity index (χ2n) is 24.6. The van der Waals surface area contributed by atoms with Crippen LogP contribution in [0.4, 0.5) is 0 Å². The van der Waals surface area contributed by atoms with E-state index in [0.29, 0.717) is 193 Å². The summed E-state index contributed by atoms with van der Waals surface area (Å²) in [7, 11) is 0. The molecule has 0 spiro atoms. The van der Waals surface area contributed by atoms with E-state index in [1.54, 1.807) is 0 Å². The predicted molar refractivity (Wildman–Crippen MR) is 420 cm³/mol. The van der Waals surface area contributed by atoms with E-state index in [9.17, 15) is 0 Å². The van der Waals surface area contributed by atoms with Crippen molar-refractivity contribution < 1.29 is 85.3 Å². The summed E-state index contributed by atoms with van der Waals surface area (Å²) in [4.78, 5) is 0. The normalized spacial score (nSPS) is 11.8. The summed E-state index contributed by atoms with van der Waals surface area (Å²) in [6.45, 7) is 27.5. The van der Waals surface area contributed by atoms with Crippen LogP contribution in [0, 0.1) is 0 Å². The average molecular weight is 1450 g/mol. The third-order valence-electron chi connectivity index (χ3n) is 15.7. The van der Waals surface area contributed by atoms with Gasteiger partial charge in [0.05, 0.1) is 119 Å². The van der Waals surface area contributed by atoms with Crippen LogP contribution in [0.15, 0.2) is 97.1 Å². The molecule has 0 aliphatic heterocycles. The highest BCUT2D eigenvalue weighted by atomic mass is 16.6. The monoisotopic (exact) mass is 1450 g/mol. The molecule has 0 amide bonds. The molecule has 0 bridgehead atoms. The summed E-state index contributed by atoms with van der Waals surface area (Å²) in [5.41, 5.74) is 8.19. The zero-order chi connectivity index (χ0) is 73.5. The molecule has 104 heavy (non-hydrogen) atoms. The molecule has 0 saturated carbocycles. The molecule has 18 nitrogen and oxygen atoms in total. The first-order valence-electron chi connectivity index (χ1n) is 38.5. The fourth-order valence-corrected chi connectivity index (χ4v) is 9.68. The maximum Gasteiger partial charge on any atom is 0.203 e. The number of hydrogen-bond acceptors (Lipinski definition) is 18.